The van der Waals surface area contributed by atoms with E-state index in [2.05, 4.69) is 4.74 Å². The molecule has 41 heavy (non-hydrogen) atoms. The van der Waals surface area contributed by atoms with Crippen LogP contribution in [0.1, 0.15) is 36.6 Å². The Morgan fingerprint density at radius 1 is 0.707 bits per heavy atom. The Hall–Kier alpha value is -5.39. The van der Waals surface area contributed by atoms with Crippen LogP contribution in [0.4, 0.5) is 17.6 Å². The number of halogens is 4. The first kappa shape index (κ1) is 28.6. The van der Waals surface area contributed by atoms with Crippen LogP contribution < -0.4 is 14.2 Å². The predicted octanol–water partition coefficient (Wildman–Crippen LogP) is 6.23. The average molecular weight is 570 g/mol. The lowest BCUT2D eigenvalue weighted by molar-refractivity contribution is -0.275. The van der Waals surface area contributed by atoms with Gasteiger partial charge in [-0.1, -0.05) is 30.3 Å². The Morgan fingerprint density at radius 2 is 1.34 bits per heavy atom. The van der Waals surface area contributed by atoms with Gasteiger partial charge in [-0.3, -0.25) is 0 Å². The van der Waals surface area contributed by atoms with E-state index >= 15 is 0 Å². The first-order valence-electron chi connectivity index (χ1n) is 11.6. The molecule has 0 amide bonds. The first-order valence-corrected chi connectivity index (χ1v) is 11.6. The van der Waals surface area contributed by atoms with Crippen LogP contribution >= 0.6 is 0 Å². The molecule has 4 aromatic rings. The number of hydrogen-bond donors (Lipinski definition) is 1. The van der Waals surface area contributed by atoms with Crippen LogP contribution in [-0.2, 0) is 11.3 Å². The van der Waals surface area contributed by atoms with Crippen molar-refractivity contribution in [3.63, 3.8) is 0 Å². The number of aromatic hydroxyl groups is 1. The van der Waals surface area contributed by atoms with E-state index in [-0.39, 0.29) is 35.0 Å². The highest BCUT2D eigenvalue weighted by atomic mass is 19.4. The second kappa shape index (κ2) is 12.2. The minimum atomic E-state index is -5.15. The predicted molar refractivity (Wildman–Crippen MR) is 133 cm³/mol. The van der Waals surface area contributed by atoms with E-state index in [1.807, 2.05) is 0 Å². The third-order valence-electron chi connectivity index (χ3n) is 5.29. The third kappa shape index (κ3) is 7.82. The lowest BCUT2D eigenvalue weighted by Crippen LogP contribution is -2.18. The van der Waals surface area contributed by atoms with Crippen LogP contribution in [0.5, 0.6) is 23.0 Å². The summed E-state index contributed by atoms with van der Waals surface area (Å²) in [6.07, 6.45) is -5.15. The largest absolute Gasteiger partial charge is 0.573 e. The number of alkyl halides is 3. The van der Waals surface area contributed by atoms with Crippen molar-refractivity contribution in [3.8, 4) is 23.0 Å². The van der Waals surface area contributed by atoms with Gasteiger partial charge in [-0.2, -0.15) is 0 Å². The number of benzene rings is 4. The lowest BCUT2D eigenvalue weighted by Gasteiger charge is -2.13. The molecule has 0 saturated heterocycles. The quantitative estimate of drug-likeness (QED) is 0.151. The normalized spacial score (nSPS) is 10.9. The van der Waals surface area contributed by atoms with E-state index < -0.39 is 41.4 Å². The number of ether oxygens (including phenoxy) is 4. The summed E-state index contributed by atoms with van der Waals surface area (Å²) in [5, 5.41) is 9.40. The molecule has 210 valence electrons. The molecule has 0 aliphatic rings. The molecule has 0 atom stereocenters. The molecule has 0 radical (unpaired) electrons. The second-order valence-electron chi connectivity index (χ2n) is 8.24. The minimum absolute atomic E-state index is 0.0708. The van der Waals surface area contributed by atoms with E-state index in [9.17, 15) is 37.1 Å². The van der Waals surface area contributed by atoms with Crippen molar-refractivity contribution in [1.29, 1.82) is 0 Å². The maximum atomic E-state index is 14.1. The van der Waals surface area contributed by atoms with Crippen LogP contribution in [0.15, 0.2) is 91.0 Å². The maximum Gasteiger partial charge on any atom is 0.573 e. The summed E-state index contributed by atoms with van der Waals surface area (Å²) in [6, 6.07) is 19.1. The van der Waals surface area contributed by atoms with E-state index in [1.54, 1.807) is 30.3 Å². The molecular formula is C29H18F4O8. The number of phenolic OH excluding ortho intramolecular Hbond substituents is 1. The molecule has 0 aromatic heterocycles. The van der Waals surface area contributed by atoms with Gasteiger partial charge in [-0.05, 0) is 66.2 Å². The molecular weight excluding hydrogens is 552 g/mol. The smallest absolute Gasteiger partial charge is 0.508 e. The Morgan fingerprint density at radius 3 is 2.00 bits per heavy atom. The van der Waals surface area contributed by atoms with Crippen molar-refractivity contribution in [2.75, 3.05) is 0 Å². The summed E-state index contributed by atoms with van der Waals surface area (Å²) in [5.41, 5.74) is -0.0938. The topological polar surface area (TPSA) is 108 Å². The summed E-state index contributed by atoms with van der Waals surface area (Å²) in [7, 11) is 0. The number of carbonyl (C=O) groups excluding carboxylic acids is 3. The number of rotatable bonds is 8. The monoisotopic (exact) mass is 570 g/mol. The lowest BCUT2D eigenvalue weighted by atomic mass is 10.1. The molecule has 0 unspecified atom stereocenters. The maximum absolute atomic E-state index is 14.1. The van der Waals surface area contributed by atoms with Gasteiger partial charge in [0.05, 0.1) is 11.1 Å². The highest BCUT2D eigenvalue weighted by Crippen LogP contribution is 2.29. The van der Waals surface area contributed by atoms with Crippen LogP contribution in [0, 0.1) is 5.82 Å². The van der Waals surface area contributed by atoms with E-state index in [1.165, 1.54) is 30.3 Å². The van der Waals surface area contributed by atoms with E-state index in [0.29, 0.717) is 17.7 Å². The van der Waals surface area contributed by atoms with Crippen molar-refractivity contribution >= 4 is 17.9 Å². The number of phenols is 1. The minimum Gasteiger partial charge on any atom is -0.508 e. The summed E-state index contributed by atoms with van der Waals surface area (Å²) in [5.74, 6) is -6.21. The van der Waals surface area contributed by atoms with Gasteiger partial charge in [0.1, 0.15) is 29.4 Å². The summed E-state index contributed by atoms with van der Waals surface area (Å²) in [6.45, 7) is -0.156. The number of hydrogen-bond acceptors (Lipinski definition) is 8. The van der Waals surface area contributed by atoms with Crippen molar-refractivity contribution in [2.24, 2.45) is 0 Å². The van der Waals surface area contributed by atoms with Gasteiger partial charge in [0, 0.05) is 0 Å². The molecule has 4 rings (SSSR count). The average Bonchev–Trinajstić information content (AvgIpc) is 2.93. The van der Waals surface area contributed by atoms with Gasteiger partial charge in [0.2, 0.25) is 0 Å². The molecule has 12 heteroatoms. The third-order valence-corrected chi connectivity index (χ3v) is 5.29. The molecule has 1 N–H and O–H groups in total. The fourth-order valence-corrected chi connectivity index (χ4v) is 3.38. The first-order chi connectivity index (χ1) is 19.5. The number of esters is 3. The summed E-state index contributed by atoms with van der Waals surface area (Å²) < 4.78 is 70.7. The standard InChI is InChI=1S/C29H18F4O8/c30-23-14-19(8-12-25(23)41-29(31,32)33)27(36)40-24-13-11-21(39-26(35)18-6-9-20(34)10-7-18)15-22(24)28(37)38-16-17-4-2-1-3-5-17/h1-15,34H,16H2. The zero-order valence-electron chi connectivity index (χ0n) is 20.7. The Bertz CT molecular complexity index is 1570. The van der Waals surface area contributed by atoms with E-state index in [0.717, 1.165) is 18.2 Å². The van der Waals surface area contributed by atoms with Gasteiger partial charge in [0.25, 0.3) is 0 Å². The van der Waals surface area contributed by atoms with Crippen molar-refractivity contribution in [1.82, 2.24) is 0 Å². The van der Waals surface area contributed by atoms with Crippen LogP contribution in [0.2, 0.25) is 0 Å². The zero-order valence-corrected chi connectivity index (χ0v) is 20.7. The van der Waals surface area contributed by atoms with E-state index in [4.69, 9.17) is 14.2 Å². The van der Waals surface area contributed by atoms with Gasteiger partial charge in [-0.25, -0.2) is 18.8 Å². The SMILES string of the molecule is O=C(Oc1ccc(OC(=O)c2ccc(OC(F)(F)F)c(F)c2)c(C(=O)OCc2ccccc2)c1)c1ccc(O)cc1. The Kier molecular flexibility index (Phi) is 8.51. The molecule has 0 saturated carbocycles. The highest BCUT2D eigenvalue weighted by molar-refractivity contribution is 5.97. The molecule has 0 fully saturated rings. The Balaban J connectivity index is 1.58. The van der Waals surface area contributed by atoms with Crippen molar-refractivity contribution < 1.29 is 56.0 Å². The Labute approximate surface area is 229 Å². The fraction of sp³-hybridized carbons (Fsp3) is 0.0690. The van der Waals surface area contributed by atoms with Crippen LogP contribution in [0.3, 0.4) is 0 Å². The van der Waals surface area contributed by atoms with Gasteiger partial charge < -0.3 is 24.1 Å². The highest BCUT2D eigenvalue weighted by Gasteiger charge is 2.32. The van der Waals surface area contributed by atoms with Crippen molar-refractivity contribution in [2.45, 2.75) is 13.0 Å². The molecule has 0 aliphatic carbocycles. The van der Waals surface area contributed by atoms with Crippen LogP contribution in [0.25, 0.3) is 0 Å². The molecule has 0 heterocycles. The second-order valence-corrected chi connectivity index (χ2v) is 8.24. The van der Waals surface area contributed by atoms with Gasteiger partial charge in [-0.15, -0.1) is 13.2 Å². The zero-order chi connectivity index (χ0) is 29.6. The molecule has 0 aliphatic heterocycles. The van der Waals surface area contributed by atoms with Crippen LogP contribution in [-0.4, -0.2) is 29.4 Å². The van der Waals surface area contributed by atoms with Crippen molar-refractivity contribution in [3.05, 3.63) is 119 Å². The fourth-order valence-electron chi connectivity index (χ4n) is 3.38. The molecule has 4 aromatic carbocycles. The number of carbonyl (C=O) groups is 3. The van der Waals surface area contributed by atoms with Gasteiger partial charge >= 0.3 is 24.3 Å². The summed E-state index contributed by atoms with van der Waals surface area (Å²) in [4.78, 5) is 38.1. The van der Waals surface area contributed by atoms with Gasteiger partial charge in [0.15, 0.2) is 11.6 Å². The molecule has 0 bridgehead atoms. The summed E-state index contributed by atoms with van der Waals surface area (Å²) >= 11 is 0. The molecule has 8 nitrogen and oxygen atoms in total. The molecule has 0 spiro atoms.